The molecule has 124 valence electrons. The minimum Gasteiger partial charge on any atom is -0.242 e. The number of benzene rings is 2. The number of rotatable bonds is 7. The van der Waals surface area contributed by atoms with Gasteiger partial charge in [-0.3, -0.25) is 0 Å². The van der Waals surface area contributed by atoms with Gasteiger partial charge < -0.3 is 0 Å². The second-order valence-corrected chi connectivity index (χ2v) is 9.00. The summed E-state index contributed by atoms with van der Waals surface area (Å²) in [5.41, 5.74) is 2.59. The minimum atomic E-state index is -0.989. The van der Waals surface area contributed by atoms with Gasteiger partial charge in [-0.1, -0.05) is 60.7 Å². The van der Waals surface area contributed by atoms with Crippen LogP contribution in [0.3, 0.4) is 0 Å². The number of hydrogen-bond donors (Lipinski definition) is 0. The van der Waals surface area contributed by atoms with Crippen molar-refractivity contribution in [1.82, 2.24) is 4.31 Å². The van der Waals surface area contributed by atoms with Crippen molar-refractivity contribution in [2.45, 2.75) is 38.4 Å². The molecular weight excluding hydrogens is 302 g/mol. The molecule has 0 fully saturated rings. The molecule has 0 saturated carbocycles. The summed E-state index contributed by atoms with van der Waals surface area (Å²) < 4.78 is 14.7. The third-order valence-electron chi connectivity index (χ3n) is 3.74. The highest BCUT2D eigenvalue weighted by Gasteiger charge is 2.25. The fraction of sp³-hybridized carbons (Fsp3) is 0.400. The van der Waals surface area contributed by atoms with Gasteiger partial charge in [0, 0.05) is 13.1 Å². The highest BCUT2D eigenvalue weighted by molar-refractivity contribution is 7.84. The zero-order chi connectivity index (χ0) is 16.7. The lowest BCUT2D eigenvalue weighted by Crippen LogP contribution is -2.39. The van der Waals surface area contributed by atoms with Crippen LogP contribution in [0, 0.1) is 0 Å². The van der Waals surface area contributed by atoms with Gasteiger partial charge >= 0.3 is 0 Å². The molecule has 23 heavy (non-hydrogen) atoms. The maximum absolute atomic E-state index is 12.8. The fourth-order valence-corrected chi connectivity index (χ4v) is 3.75. The van der Waals surface area contributed by atoms with Gasteiger partial charge in [0.05, 0.1) is 15.7 Å². The van der Waals surface area contributed by atoms with E-state index in [-0.39, 0.29) is 4.75 Å². The second kappa shape index (κ2) is 8.42. The summed E-state index contributed by atoms with van der Waals surface area (Å²) in [5.74, 6) is 0. The van der Waals surface area contributed by atoms with Crippen LogP contribution >= 0.6 is 0 Å². The Hall–Kier alpha value is -1.45. The quantitative estimate of drug-likeness (QED) is 0.744. The average Bonchev–Trinajstić information content (AvgIpc) is 2.55. The lowest BCUT2D eigenvalue weighted by molar-refractivity contribution is 0.438. The Morgan fingerprint density at radius 2 is 1.17 bits per heavy atom. The summed E-state index contributed by atoms with van der Waals surface area (Å²) >= 11 is 0. The Labute approximate surface area is 143 Å². The maximum Gasteiger partial charge on any atom is 0.0997 e. The molecule has 2 rings (SSSR count). The van der Waals surface area contributed by atoms with Crippen molar-refractivity contribution in [2.24, 2.45) is 0 Å². The van der Waals surface area contributed by atoms with Gasteiger partial charge in [0.25, 0.3) is 0 Å². The molecule has 2 nitrogen and oxygen atoms in total. The van der Waals surface area contributed by atoms with Crippen LogP contribution in [0.1, 0.15) is 31.9 Å². The molecule has 0 N–H and O–H groups in total. The highest BCUT2D eigenvalue weighted by Crippen LogP contribution is 2.17. The van der Waals surface area contributed by atoms with Crippen molar-refractivity contribution in [2.75, 3.05) is 13.1 Å². The van der Waals surface area contributed by atoms with E-state index in [9.17, 15) is 4.21 Å². The van der Waals surface area contributed by atoms with E-state index in [1.54, 1.807) is 0 Å². The molecule has 3 heteroatoms. The molecule has 1 unspecified atom stereocenters. The van der Waals surface area contributed by atoms with Crippen LogP contribution in [0.5, 0.6) is 0 Å². The SMILES string of the molecule is CC(C)(C)S(=O)N(CCc1ccccc1)CCc1ccccc1. The van der Waals surface area contributed by atoms with Crippen molar-refractivity contribution >= 4 is 11.0 Å². The summed E-state index contributed by atoms with van der Waals surface area (Å²) in [6.07, 6.45) is 1.86. The molecule has 0 bridgehead atoms. The summed E-state index contributed by atoms with van der Waals surface area (Å²) in [6.45, 7) is 7.77. The van der Waals surface area contributed by atoms with Crippen LogP contribution in [0.2, 0.25) is 0 Å². The minimum absolute atomic E-state index is 0.229. The van der Waals surface area contributed by atoms with Gasteiger partial charge in [-0.25, -0.2) is 8.51 Å². The van der Waals surface area contributed by atoms with E-state index in [1.807, 2.05) is 32.9 Å². The zero-order valence-electron chi connectivity index (χ0n) is 14.4. The van der Waals surface area contributed by atoms with E-state index >= 15 is 0 Å². The van der Waals surface area contributed by atoms with E-state index in [0.717, 1.165) is 25.9 Å². The Kier molecular flexibility index (Phi) is 6.55. The van der Waals surface area contributed by atoms with Crippen molar-refractivity contribution in [3.05, 3.63) is 71.8 Å². The van der Waals surface area contributed by atoms with Gasteiger partial charge in [0.15, 0.2) is 0 Å². The lowest BCUT2D eigenvalue weighted by atomic mass is 10.1. The first kappa shape index (κ1) is 17.9. The molecule has 1 atom stereocenters. The Morgan fingerprint density at radius 1 is 0.783 bits per heavy atom. The molecule has 0 aromatic heterocycles. The first-order chi connectivity index (χ1) is 11.0. The van der Waals surface area contributed by atoms with E-state index in [4.69, 9.17) is 0 Å². The van der Waals surface area contributed by atoms with Crippen molar-refractivity contribution in [3.63, 3.8) is 0 Å². The monoisotopic (exact) mass is 329 g/mol. The first-order valence-corrected chi connectivity index (χ1v) is 9.32. The van der Waals surface area contributed by atoms with Crippen LogP contribution in [-0.2, 0) is 23.8 Å². The summed E-state index contributed by atoms with van der Waals surface area (Å²) in [5, 5.41) is 0. The molecule has 2 aromatic carbocycles. The highest BCUT2D eigenvalue weighted by atomic mass is 32.2. The third kappa shape index (κ3) is 5.92. The van der Waals surface area contributed by atoms with Gasteiger partial charge in [-0.05, 0) is 44.7 Å². The van der Waals surface area contributed by atoms with Crippen molar-refractivity contribution < 1.29 is 4.21 Å². The molecule has 0 radical (unpaired) electrons. The van der Waals surface area contributed by atoms with E-state index < -0.39 is 11.0 Å². The fourth-order valence-electron chi connectivity index (χ4n) is 2.46. The first-order valence-electron chi connectivity index (χ1n) is 8.21. The maximum atomic E-state index is 12.8. The Balaban J connectivity index is 2.01. The Bertz CT molecular complexity index is 561. The molecule has 0 spiro atoms. The van der Waals surface area contributed by atoms with E-state index in [2.05, 4.69) is 52.8 Å². The van der Waals surface area contributed by atoms with Crippen LogP contribution in [0.4, 0.5) is 0 Å². The molecule has 0 saturated heterocycles. The van der Waals surface area contributed by atoms with E-state index in [1.165, 1.54) is 11.1 Å². The van der Waals surface area contributed by atoms with Crippen LogP contribution in [-0.4, -0.2) is 26.4 Å². The molecule has 0 aliphatic carbocycles. The molecular formula is C20H27NOS. The topological polar surface area (TPSA) is 20.3 Å². The predicted octanol–water partition coefficient (Wildman–Crippen LogP) is 4.24. The van der Waals surface area contributed by atoms with Gasteiger partial charge in [0.2, 0.25) is 0 Å². The van der Waals surface area contributed by atoms with Gasteiger partial charge in [-0.15, -0.1) is 0 Å². The zero-order valence-corrected chi connectivity index (χ0v) is 15.2. The predicted molar refractivity (Wildman–Crippen MR) is 99.8 cm³/mol. The standard InChI is InChI=1S/C20H27NOS/c1-20(2,3)23(22)21(16-14-18-10-6-4-7-11-18)17-15-19-12-8-5-9-13-19/h4-13H,14-17H2,1-3H3. The van der Waals surface area contributed by atoms with E-state index in [0.29, 0.717) is 0 Å². The number of hydrogen-bond acceptors (Lipinski definition) is 1. The molecule has 0 heterocycles. The molecule has 0 amide bonds. The average molecular weight is 330 g/mol. The number of nitrogens with zero attached hydrogens (tertiary/aromatic N) is 1. The third-order valence-corrected chi connectivity index (χ3v) is 5.63. The van der Waals surface area contributed by atoms with Crippen molar-refractivity contribution in [3.8, 4) is 0 Å². The van der Waals surface area contributed by atoms with Crippen molar-refractivity contribution in [1.29, 1.82) is 0 Å². The molecule has 0 aliphatic heterocycles. The smallest absolute Gasteiger partial charge is 0.0997 e. The van der Waals surface area contributed by atoms with Crippen LogP contribution in [0.15, 0.2) is 60.7 Å². The molecule has 2 aromatic rings. The van der Waals surface area contributed by atoms with Crippen LogP contribution in [0.25, 0.3) is 0 Å². The van der Waals surface area contributed by atoms with Gasteiger partial charge in [0.1, 0.15) is 0 Å². The lowest BCUT2D eigenvalue weighted by Gasteiger charge is -2.29. The second-order valence-electron chi connectivity index (χ2n) is 6.76. The normalized spacial score (nSPS) is 13.2. The largest absolute Gasteiger partial charge is 0.242 e. The summed E-state index contributed by atoms with van der Waals surface area (Å²) in [6, 6.07) is 20.8. The van der Waals surface area contributed by atoms with Gasteiger partial charge in [-0.2, -0.15) is 0 Å². The summed E-state index contributed by atoms with van der Waals surface area (Å²) in [7, 11) is -0.989. The molecule has 0 aliphatic rings. The summed E-state index contributed by atoms with van der Waals surface area (Å²) in [4.78, 5) is 0. The van der Waals surface area contributed by atoms with Crippen LogP contribution < -0.4 is 0 Å². The Morgan fingerprint density at radius 3 is 1.52 bits per heavy atom.